The molecule has 7 heavy (non-hydrogen) atoms. The molecule has 0 aromatic heterocycles. The molecule has 1 aliphatic heterocycles. The molecule has 0 saturated heterocycles. The number of rotatable bonds is 0. The Balaban J connectivity index is 2.58. The molecule has 0 aromatic carbocycles. The third-order valence-electron chi connectivity index (χ3n) is 0.772. The van der Waals surface area contributed by atoms with Crippen molar-refractivity contribution in [1.82, 2.24) is 0 Å². The summed E-state index contributed by atoms with van der Waals surface area (Å²) in [7, 11) is 0. The van der Waals surface area contributed by atoms with Crippen LogP contribution in [-0.2, 0) is 4.74 Å². The van der Waals surface area contributed by atoms with E-state index in [2.05, 4.69) is 6.08 Å². The van der Waals surface area contributed by atoms with Gasteiger partial charge in [0.25, 0.3) is 0 Å². The van der Waals surface area contributed by atoms with Crippen molar-refractivity contribution in [3.05, 3.63) is 22.8 Å². The van der Waals surface area contributed by atoms with Gasteiger partial charge in [-0.1, -0.05) is 0 Å². The van der Waals surface area contributed by atoms with Crippen LogP contribution in [0.1, 0.15) is 0 Å². The van der Waals surface area contributed by atoms with E-state index in [9.17, 15) is 0 Å². The van der Waals surface area contributed by atoms with Gasteiger partial charge in [0.05, 0.1) is 0 Å². The minimum atomic E-state index is 0.754. The van der Waals surface area contributed by atoms with Gasteiger partial charge in [0, 0.05) is 0 Å². The number of allylic oxidation sites excluding steroid dienone is 2. The Morgan fingerprint density at radius 2 is 2.57 bits per heavy atom. The summed E-state index contributed by atoms with van der Waals surface area (Å²) in [5.74, 6) is 0. The summed E-state index contributed by atoms with van der Waals surface area (Å²) in [5.41, 5.74) is 0. The van der Waals surface area contributed by atoms with Crippen LogP contribution in [0.15, 0.2) is 22.8 Å². The van der Waals surface area contributed by atoms with Crippen LogP contribution >= 0.6 is 0 Å². The van der Waals surface area contributed by atoms with Crippen molar-refractivity contribution in [3.8, 4) is 0 Å². The van der Waals surface area contributed by atoms with Crippen molar-refractivity contribution in [2.24, 2.45) is 0 Å². The van der Waals surface area contributed by atoms with E-state index in [0.29, 0.717) is 0 Å². The van der Waals surface area contributed by atoms with E-state index in [1.807, 2.05) is 6.08 Å². The van der Waals surface area contributed by atoms with Gasteiger partial charge in [0.2, 0.25) is 0 Å². The topological polar surface area (TPSA) is 9.23 Å². The summed E-state index contributed by atoms with van der Waals surface area (Å²) in [6, 6.07) is 0. The van der Waals surface area contributed by atoms with Gasteiger partial charge in [-0.3, -0.25) is 0 Å². The second-order valence-electron chi connectivity index (χ2n) is 1.34. The molecule has 0 N–H and O–H groups in total. The Hall–Kier alpha value is -0.162. The van der Waals surface area contributed by atoms with E-state index in [0.717, 1.165) is 6.61 Å². The second kappa shape index (κ2) is 2.22. The van der Waals surface area contributed by atoms with Crippen LogP contribution in [0.5, 0.6) is 0 Å². The quantitative estimate of drug-likeness (QED) is 0.452. The van der Waals surface area contributed by atoms with E-state index in [1.54, 1.807) is 23.1 Å². The summed E-state index contributed by atoms with van der Waals surface area (Å²) >= 11 is 1.65. The maximum absolute atomic E-state index is 4.89. The number of hydrogen-bond donors (Lipinski definition) is 0. The van der Waals surface area contributed by atoms with Crippen LogP contribution in [0.2, 0.25) is 0 Å². The van der Waals surface area contributed by atoms with Crippen LogP contribution in [0.4, 0.5) is 0 Å². The van der Waals surface area contributed by atoms with Crippen LogP contribution in [0, 0.1) is 0 Å². The van der Waals surface area contributed by atoms with E-state index >= 15 is 0 Å². The van der Waals surface area contributed by atoms with Gasteiger partial charge in [-0.15, -0.1) is 0 Å². The van der Waals surface area contributed by atoms with Crippen molar-refractivity contribution in [2.75, 3.05) is 6.61 Å². The third kappa shape index (κ3) is 1.40. The molecule has 1 heterocycles. The average Bonchev–Trinajstić information content (AvgIpc) is 1.69. The van der Waals surface area contributed by atoms with Crippen molar-refractivity contribution >= 4 is 16.9 Å². The molecule has 0 aromatic rings. The fraction of sp³-hybridized carbons (Fsp3) is 0.200. The van der Waals surface area contributed by atoms with Crippen molar-refractivity contribution in [1.29, 1.82) is 0 Å². The molecular weight excluding hydrogens is 151 g/mol. The zero-order chi connectivity index (χ0) is 5.11. The molecule has 1 aliphatic rings. The Morgan fingerprint density at radius 1 is 1.71 bits per heavy atom. The first-order valence-corrected chi connectivity index (χ1v) is 3.34. The van der Waals surface area contributed by atoms with Gasteiger partial charge in [-0.05, 0) is 0 Å². The van der Waals surface area contributed by atoms with Crippen molar-refractivity contribution < 1.29 is 4.74 Å². The van der Waals surface area contributed by atoms with E-state index in [-0.39, 0.29) is 0 Å². The van der Waals surface area contributed by atoms with Gasteiger partial charge in [-0.2, -0.15) is 0 Å². The zero-order valence-corrected chi connectivity index (χ0v) is 6.35. The maximum atomic E-state index is 4.89. The molecule has 1 nitrogen and oxygen atoms in total. The Labute approximate surface area is 51.5 Å². The number of ether oxygens (including phenoxy) is 1. The fourth-order valence-electron chi connectivity index (χ4n) is 0.395. The van der Waals surface area contributed by atoms with Gasteiger partial charge < -0.3 is 0 Å². The molecule has 0 fully saturated rings. The van der Waals surface area contributed by atoms with Crippen molar-refractivity contribution in [2.45, 2.75) is 0 Å². The SMILES string of the molecule is [AsH2]C1=CCOC=C1. The second-order valence-corrected chi connectivity index (χ2v) is 2.74. The van der Waals surface area contributed by atoms with Gasteiger partial charge in [0.15, 0.2) is 0 Å². The normalized spacial score (nSPS) is 18.1. The van der Waals surface area contributed by atoms with Crippen LogP contribution in [-0.4, -0.2) is 23.5 Å². The first-order chi connectivity index (χ1) is 3.39. The van der Waals surface area contributed by atoms with Crippen LogP contribution in [0.25, 0.3) is 0 Å². The molecule has 1 unspecified atom stereocenters. The molecule has 38 valence electrons. The predicted octanol–water partition coefficient (Wildman–Crippen LogP) is 0.0473. The standard InChI is InChI=1S/C5H7AsO/c6-5-1-3-7-4-2-5/h1-3H,4,6H2. The molecule has 1 atom stereocenters. The Bertz CT molecular complexity index is 115. The monoisotopic (exact) mass is 158 g/mol. The summed E-state index contributed by atoms with van der Waals surface area (Å²) in [6.07, 6.45) is 5.78. The average molecular weight is 158 g/mol. The molecular formula is C5H7AsO. The first kappa shape index (κ1) is 4.98. The molecule has 0 saturated carbocycles. The van der Waals surface area contributed by atoms with Gasteiger partial charge in [0.1, 0.15) is 0 Å². The van der Waals surface area contributed by atoms with Crippen LogP contribution in [0.3, 0.4) is 0 Å². The first-order valence-electron chi connectivity index (χ1n) is 2.13. The summed E-state index contributed by atoms with van der Waals surface area (Å²) in [6.45, 7) is 0.754. The summed E-state index contributed by atoms with van der Waals surface area (Å²) in [5, 5.41) is 0. The molecule has 0 bridgehead atoms. The Morgan fingerprint density at radius 3 is 2.86 bits per heavy atom. The van der Waals surface area contributed by atoms with Gasteiger partial charge in [-0.25, -0.2) is 0 Å². The third-order valence-corrected chi connectivity index (χ3v) is 1.67. The molecule has 0 aliphatic carbocycles. The predicted molar refractivity (Wildman–Crippen MR) is 31.7 cm³/mol. The van der Waals surface area contributed by atoms with Crippen molar-refractivity contribution in [3.63, 3.8) is 0 Å². The summed E-state index contributed by atoms with van der Waals surface area (Å²) < 4.78 is 6.24. The van der Waals surface area contributed by atoms with E-state index < -0.39 is 0 Å². The van der Waals surface area contributed by atoms with Gasteiger partial charge >= 0.3 is 51.0 Å². The Kier molecular flexibility index (Phi) is 1.58. The van der Waals surface area contributed by atoms with E-state index in [1.165, 1.54) is 4.36 Å². The minimum absolute atomic E-state index is 0.754. The molecule has 0 radical (unpaired) electrons. The molecule has 0 amide bonds. The van der Waals surface area contributed by atoms with E-state index in [4.69, 9.17) is 4.74 Å². The van der Waals surface area contributed by atoms with Crippen LogP contribution < -0.4 is 0 Å². The number of hydrogen-bond acceptors (Lipinski definition) is 1. The molecule has 1 rings (SSSR count). The molecule has 2 heteroatoms. The zero-order valence-electron chi connectivity index (χ0n) is 3.92. The fourth-order valence-corrected chi connectivity index (χ4v) is 0.761. The summed E-state index contributed by atoms with van der Waals surface area (Å²) in [4.78, 5) is 0. The molecule has 0 spiro atoms.